The summed E-state index contributed by atoms with van der Waals surface area (Å²) in [6.07, 6.45) is 2.25. The number of para-hydroxylation sites is 1. The first-order chi connectivity index (χ1) is 14.0. The van der Waals surface area contributed by atoms with Gasteiger partial charge in [0, 0.05) is 30.2 Å². The molecule has 0 saturated carbocycles. The third-order valence-corrected chi connectivity index (χ3v) is 5.25. The molecule has 0 radical (unpaired) electrons. The highest BCUT2D eigenvalue weighted by Gasteiger charge is 2.22. The second-order valence-electron chi connectivity index (χ2n) is 7.66. The molecule has 2 aromatic carbocycles. The van der Waals surface area contributed by atoms with Crippen LogP contribution in [0.3, 0.4) is 0 Å². The zero-order valence-corrected chi connectivity index (χ0v) is 17.1. The number of fused-ring (bicyclic) bond motifs is 1. The lowest BCUT2D eigenvalue weighted by atomic mass is 10.0. The minimum absolute atomic E-state index is 0.0925. The maximum absolute atomic E-state index is 13.4. The fourth-order valence-electron chi connectivity index (χ4n) is 3.77. The first-order valence-corrected chi connectivity index (χ1v) is 9.96. The van der Waals surface area contributed by atoms with Gasteiger partial charge in [-0.05, 0) is 37.1 Å². The van der Waals surface area contributed by atoms with Crippen molar-refractivity contribution in [1.82, 2.24) is 19.7 Å². The Labute approximate surface area is 171 Å². The van der Waals surface area contributed by atoms with Gasteiger partial charge in [-0.25, -0.2) is 0 Å². The van der Waals surface area contributed by atoms with Gasteiger partial charge < -0.3 is 9.88 Å². The third kappa shape index (κ3) is 3.94. The molecule has 1 N–H and O–H groups in total. The van der Waals surface area contributed by atoms with Crippen LogP contribution in [0.5, 0.6) is 0 Å². The van der Waals surface area contributed by atoms with Gasteiger partial charge in [-0.1, -0.05) is 48.5 Å². The largest absolute Gasteiger partial charge is 0.354 e. The van der Waals surface area contributed by atoms with Gasteiger partial charge in [-0.2, -0.15) is 5.10 Å². The fraction of sp³-hybridized carbons (Fsp3) is 0.250. The van der Waals surface area contributed by atoms with E-state index in [4.69, 9.17) is 0 Å². The minimum atomic E-state index is 0.0925. The van der Waals surface area contributed by atoms with E-state index < -0.39 is 0 Å². The van der Waals surface area contributed by atoms with Gasteiger partial charge in [0.15, 0.2) is 0 Å². The smallest absolute Gasteiger partial charge is 0.227 e. The van der Waals surface area contributed by atoms with Crippen molar-refractivity contribution in [3.8, 4) is 11.3 Å². The molecule has 4 rings (SSSR count). The molecule has 5 nitrogen and oxygen atoms in total. The number of H-pyrrole nitrogens is 1. The second kappa shape index (κ2) is 7.95. The van der Waals surface area contributed by atoms with Crippen molar-refractivity contribution in [3.05, 3.63) is 78.1 Å². The summed E-state index contributed by atoms with van der Waals surface area (Å²) in [4.78, 5) is 18.8. The Morgan fingerprint density at radius 2 is 1.79 bits per heavy atom. The molecule has 2 aromatic heterocycles. The van der Waals surface area contributed by atoms with Gasteiger partial charge >= 0.3 is 0 Å². The predicted molar refractivity (Wildman–Crippen MR) is 116 cm³/mol. The van der Waals surface area contributed by atoms with Gasteiger partial charge in [0.1, 0.15) is 0 Å². The molecule has 0 spiro atoms. The molecule has 0 fully saturated rings. The molecular weight excluding hydrogens is 360 g/mol. The van der Waals surface area contributed by atoms with Crippen molar-refractivity contribution in [2.75, 3.05) is 0 Å². The molecule has 1 amide bonds. The van der Waals surface area contributed by atoms with E-state index in [0.29, 0.717) is 13.0 Å². The molecular formula is C24H26N4O. The first kappa shape index (κ1) is 19.0. The molecule has 0 unspecified atom stereocenters. The van der Waals surface area contributed by atoms with Gasteiger partial charge in [0.05, 0.1) is 24.4 Å². The van der Waals surface area contributed by atoms with E-state index in [1.807, 2.05) is 68.4 Å². The van der Waals surface area contributed by atoms with Crippen molar-refractivity contribution < 1.29 is 4.79 Å². The number of carbonyl (C=O) groups is 1. The molecule has 0 saturated heterocycles. The molecule has 5 heteroatoms. The van der Waals surface area contributed by atoms with E-state index >= 15 is 0 Å². The van der Waals surface area contributed by atoms with Gasteiger partial charge in [-0.3, -0.25) is 9.48 Å². The Hall–Kier alpha value is -3.34. The molecule has 2 heterocycles. The summed E-state index contributed by atoms with van der Waals surface area (Å²) in [7, 11) is 1.89. The number of carbonyl (C=O) groups excluding carboxylic acids is 1. The van der Waals surface area contributed by atoms with Crippen molar-refractivity contribution >= 4 is 16.8 Å². The number of benzene rings is 2. The summed E-state index contributed by atoms with van der Waals surface area (Å²) in [5.41, 5.74) is 5.10. The van der Waals surface area contributed by atoms with Crippen LogP contribution >= 0.6 is 0 Å². The van der Waals surface area contributed by atoms with Crippen LogP contribution in [0.25, 0.3) is 22.2 Å². The molecule has 0 aliphatic rings. The molecule has 0 aliphatic carbocycles. The number of hydrogen-bond donors (Lipinski definition) is 1. The highest BCUT2D eigenvalue weighted by molar-refractivity contribution is 5.95. The number of nitrogens with zero attached hydrogens (tertiary/aromatic N) is 3. The van der Waals surface area contributed by atoms with Crippen LogP contribution in [0, 0.1) is 0 Å². The number of aromatic nitrogens is 3. The van der Waals surface area contributed by atoms with E-state index in [-0.39, 0.29) is 11.9 Å². The summed E-state index contributed by atoms with van der Waals surface area (Å²) < 4.78 is 1.77. The lowest BCUT2D eigenvalue weighted by molar-refractivity contribution is -0.132. The van der Waals surface area contributed by atoms with E-state index in [2.05, 4.69) is 34.3 Å². The highest BCUT2D eigenvalue weighted by atomic mass is 16.2. The Balaban J connectivity index is 1.69. The van der Waals surface area contributed by atoms with E-state index in [0.717, 1.165) is 33.4 Å². The standard InChI is InChI=1S/C24H26N4O/c1-17(2)28(16-19-13-14-27(3)26-19)23(29)15-21-20-11-7-8-12-22(20)25-24(21)18-9-5-4-6-10-18/h4-14,17,25H,15-16H2,1-3H3. The Kier molecular flexibility index (Phi) is 5.21. The van der Waals surface area contributed by atoms with Crippen LogP contribution in [0.1, 0.15) is 25.1 Å². The van der Waals surface area contributed by atoms with Crippen LogP contribution < -0.4 is 0 Å². The minimum Gasteiger partial charge on any atom is -0.354 e. The SMILES string of the molecule is CC(C)N(Cc1ccn(C)n1)C(=O)Cc1c(-c2ccccc2)[nH]c2ccccc12. The number of aromatic amines is 1. The first-order valence-electron chi connectivity index (χ1n) is 9.96. The van der Waals surface area contributed by atoms with E-state index in [9.17, 15) is 4.79 Å². The Morgan fingerprint density at radius 3 is 2.48 bits per heavy atom. The number of aryl methyl sites for hydroxylation is 1. The van der Waals surface area contributed by atoms with Crippen molar-refractivity contribution in [2.45, 2.75) is 32.9 Å². The average Bonchev–Trinajstić information content (AvgIpc) is 3.30. The highest BCUT2D eigenvalue weighted by Crippen LogP contribution is 2.31. The number of hydrogen-bond acceptors (Lipinski definition) is 2. The molecule has 0 atom stereocenters. The lowest BCUT2D eigenvalue weighted by Gasteiger charge is -2.26. The van der Waals surface area contributed by atoms with Crippen molar-refractivity contribution in [3.63, 3.8) is 0 Å². The zero-order chi connectivity index (χ0) is 20.4. The van der Waals surface area contributed by atoms with Gasteiger partial charge in [0.2, 0.25) is 5.91 Å². The lowest BCUT2D eigenvalue weighted by Crippen LogP contribution is -2.37. The number of rotatable bonds is 6. The summed E-state index contributed by atoms with van der Waals surface area (Å²) >= 11 is 0. The maximum atomic E-state index is 13.4. The van der Waals surface area contributed by atoms with Gasteiger partial charge in [0.25, 0.3) is 0 Å². The van der Waals surface area contributed by atoms with Crippen LogP contribution in [-0.2, 0) is 24.8 Å². The van der Waals surface area contributed by atoms with Crippen LogP contribution in [0.15, 0.2) is 66.9 Å². The van der Waals surface area contributed by atoms with Gasteiger partial charge in [-0.15, -0.1) is 0 Å². The summed E-state index contributed by atoms with van der Waals surface area (Å²) in [5, 5.41) is 5.54. The van der Waals surface area contributed by atoms with Crippen LogP contribution in [0.2, 0.25) is 0 Å². The third-order valence-electron chi connectivity index (χ3n) is 5.25. The maximum Gasteiger partial charge on any atom is 0.227 e. The number of nitrogens with one attached hydrogen (secondary N) is 1. The predicted octanol–water partition coefficient (Wildman–Crippen LogP) is 4.55. The monoisotopic (exact) mass is 386 g/mol. The summed E-state index contributed by atoms with van der Waals surface area (Å²) in [5.74, 6) is 0.104. The topological polar surface area (TPSA) is 53.9 Å². The Bertz CT molecular complexity index is 1120. The fourth-order valence-corrected chi connectivity index (χ4v) is 3.77. The summed E-state index contributed by atoms with van der Waals surface area (Å²) in [6.45, 7) is 4.61. The molecule has 0 aliphatic heterocycles. The molecule has 4 aromatic rings. The molecule has 0 bridgehead atoms. The van der Waals surface area contributed by atoms with E-state index in [1.54, 1.807) is 4.68 Å². The molecule has 29 heavy (non-hydrogen) atoms. The van der Waals surface area contributed by atoms with Crippen LogP contribution in [-0.4, -0.2) is 31.6 Å². The zero-order valence-electron chi connectivity index (χ0n) is 17.1. The van der Waals surface area contributed by atoms with Crippen LogP contribution in [0.4, 0.5) is 0 Å². The van der Waals surface area contributed by atoms with Crippen molar-refractivity contribution in [1.29, 1.82) is 0 Å². The quantitative estimate of drug-likeness (QED) is 0.529. The normalized spacial score (nSPS) is 11.3. The van der Waals surface area contributed by atoms with Crippen molar-refractivity contribution in [2.24, 2.45) is 7.05 Å². The number of amides is 1. The second-order valence-corrected chi connectivity index (χ2v) is 7.66. The summed E-state index contributed by atoms with van der Waals surface area (Å²) in [6, 6.07) is 20.4. The molecule has 148 valence electrons. The average molecular weight is 386 g/mol. The Morgan fingerprint density at radius 1 is 1.07 bits per heavy atom. The van der Waals surface area contributed by atoms with E-state index in [1.165, 1.54) is 0 Å².